The lowest BCUT2D eigenvalue weighted by molar-refractivity contribution is 0.0322. The van der Waals surface area contributed by atoms with Crippen molar-refractivity contribution < 1.29 is 9.47 Å². The number of halogens is 1. The van der Waals surface area contributed by atoms with E-state index in [4.69, 9.17) is 9.47 Å². The van der Waals surface area contributed by atoms with Gasteiger partial charge in [-0.2, -0.15) is 0 Å². The van der Waals surface area contributed by atoms with Crippen LogP contribution >= 0.6 is 15.9 Å². The van der Waals surface area contributed by atoms with E-state index in [-0.39, 0.29) is 6.10 Å². The van der Waals surface area contributed by atoms with Crippen molar-refractivity contribution in [2.75, 3.05) is 19.8 Å². The Morgan fingerprint density at radius 3 is 2.81 bits per heavy atom. The second-order valence-electron chi connectivity index (χ2n) is 5.42. The molecule has 0 fully saturated rings. The summed E-state index contributed by atoms with van der Waals surface area (Å²) < 4.78 is 12.9. The van der Waals surface area contributed by atoms with Crippen molar-refractivity contribution >= 4 is 15.9 Å². The SMILES string of the molecule is CCNC(Cc1cc(Br)cc2c1OCC2)C(CC)OCC. The molecule has 0 aliphatic carbocycles. The van der Waals surface area contributed by atoms with Gasteiger partial charge in [0.1, 0.15) is 5.75 Å². The van der Waals surface area contributed by atoms with Crippen LogP contribution < -0.4 is 10.1 Å². The van der Waals surface area contributed by atoms with Gasteiger partial charge in [-0.25, -0.2) is 0 Å². The van der Waals surface area contributed by atoms with Gasteiger partial charge < -0.3 is 14.8 Å². The third kappa shape index (κ3) is 4.21. The summed E-state index contributed by atoms with van der Waals surface area (Å²) in [6.45, 7) is 8.90. The highest BCUT2D eigenvalue weighted by Gasteiger charge is 2.24. The average molecular weight is 356 g/mol. The molecule has 1 aromatic carbocycles. The Morgan fingerprint density at radius 1 is 1.33 bits per heavy atom. The lowest BCUT2D eigenvalue weighted by Gasteiger charge is -2.27. The smallest absolute Gasteiger partial charge is 0.125 e. The molecule has 1 heterocycles. The molecular weight excluding hydrogens is 330 g/mol. The Hall–Kier alpha value is -0.580. The molecule has 0 bridgehead atoms. The molecule has 0 amide bonds. The molecule has 1 aliphatic heterocycles. The number of fused-ring (bicyclic) bond motifs is 1. The molecule has 118 valence electrons. The molecule has 0 aromatic heterocycles. The summed E-state index contributed by atoms with van der Waals surface area (Å²) in [5, 5.41) is 3.58. The zero-order valence-electron chi connectivity index (χ0n) is 13.2. The highest BCUT2D eigenvalue weighted by molar-refractivity contribution is 9.10. The number of hydrogen-bond donors (Lipinski definition) is 1. The Labute approximate surface area is 136 Å². The fourth-order valence-electron chi connectivity index (χ4n) is 3.06. The van der Waals surface area contributed by atoms with E-state index in [1.165, 1.54) is 11.1 Å². The van der Waals surface area contributed by atoms with Crippen molar-refractivity contribution in [3.63, 3.8) is 0 Å². The number of ether oxygens (including phenoxy) is 2. The largest absolute Gasteiger partial charge is 0.493 e. The molecule has 0 saturated heterocycles. The molecule has 4 heteroatoms. The molecule has 21 heavy (non-hydrogen) atoms. The number of nitrogens with one attached hydrogen (secondary N) is 1. The van der Waals surface area contributed by atoms with Crippen LogP contribution in [-0.4, -0.2) is 31.9 Å². The first-order valence-electron chi connectivity index (χ1n) is 7.98. The fourth-order valence-corrected chi connectivity index (χ4v) is 3.62. The summed E-state index contributed by atoms with van der Waals surface area (Å²) in [5.74, 6) is 1.09. The number of likely N-dealkylation sites (N-methyl/N-ethyl adjacent to an activating group) is 1. The summed E-state index contributed by atoms with van der Waals surface area (Å²) in [6.07, 6.45) is 3.21. The Bertz CT molecular complexity index is 464. The molecule has 2 rings (SSSR count). The van der Waals surface area contributed by atoms with Crippen LogP contribution in [0.4, 0.5) is 0 Å². The number of hydrogen-bond acceptors (Lipinski definition) is 3. The first kappa shape index (κ1) is 16.8. The van der Waals surface area contributed by atoms with Crippen molar-refractivity contribution in [1.29, 1.82) is 0 Å². The third-order valence-electron chi connectivity index (χ3n) is 3.96. The minimum Gasteiger partial charge on any atom is -0.493 e. The first-order valence-corrected chi connectivity index (χ1v) is 8.77. The van der Waals surface area contributed by atoms with Gasteiger partial charge in [-0.1, -0.05) is 29.8 Å². The van der Waals surface area contributed by atoms with E-state index in [2.05, 4.69) is 54.2 Å². The maximum Gasteiger partial charge on any atom is 0.125 e. The maximum absolute atomic E-state index is 5.91. The topological polar surface area (TPSA) is 30.5 Å². The van der Waals surface area contributed by atoms with Crippen LogP contribution in [0.25, 0.3) is 0 Å². The van der Waals surface area contributed by atoms with Gasteiger partial charge >= 0.3 is 0 Å². The molecule has 0 saturated carbocycles. The van der Waals surface area contributed by atoms with Gasteiger partial charge in [-0.3, -0.25) is 0 Å². The Balaban J connectivity index is 2.20. The molecular formula is C17H26BrNO2. The summed E-state index contributed by atoms with van der Waals surface area (Å²) >= 11 is 3.62. The van der Waals surface area contributed by atoms with E-state index in [0.717, 1.165) is 49.2 Å². The molecule has 0 radical (unpaired) electrons. The van der Waals surface area contributed by atoms with Gasteiger partial charge in [0, 0.05) is 23.5 Å². The van der Waals surface area contributed by atoms with E-state index >= 15 is 0 Å². The number of rotatable bonds is 8. The zero-order valence-corrected chi connectivity index (χ0v) is 14.8. The van der Waals surface area contributed by atoms with Crippen LogP contribution in [0.3, 0.4) is 0 Å². The zero-order chi connectivity index (χ0) is 15.2. The van der Waals surface area contributed by atoms with E-state index < -0.39 is 0 Å². The van der Waals surface area contributed by atoms with Crippen LogP contribution in [0.5, 0.6) is 5.75 Å². The summed E-state index contributed by atoms with van der Waals surface area (Å²) in [6, 6.07) is 4.68. The second kappa shape index (κ2) is 8.16. The molecule has 1 N–H and O–H groups in total. The second-order valence-corrected chi connectivity index (χ2v) is 6.34. The predicted octanol–water partition coefficient (Wildman–Crippen LogP) is 3.72. The van der Waals surface area contributed by atoms with Gasteiger partial charge in [-0.15, -0.1) is 0 Å². The number of benzene rings is 1. The van der Waals surface area contributed by atoms with Crippen LogP contribution in [0, 0.1) is 0 Å². The molecule has 3 nitrogen and oxygen atoms in total. The van der Waals surface area contributed by atoms with Crippen molar-refractivity contribution in [3.05, 3.63) is 27.7 Å². The molecule has 0 spiro atoms. The summed E-state index contributed by atoms with van der Waals surface area (Å²) in [4.78, 5) is 0. The third-order valence-corrected chi connectivity index (χ3v) is 4.42. The summed E-state index contributed by atoms with van der Waals surface area (Å²) in [7, 11) is 0. The Morgan fingerprint density at radius 2 is 2.14 bits per heavy atom. The van der Waals surface area contributed by atoms with Crippen LogP contribution in [0.2, 0.25) is 0 Å². The Kier molecular flexibility index (Phi) is 6.52. The van der Waals surface area contributed by atoms with Crippen molar-refractivity contribution in [2.24, 2.45) is 0 Å². The van der Waals surface area contributed by atoms with Crippen molar-refractivity contribution in [1.82, 2.24) is 5.32 Å². The minimum atomic E-state index is 0.242. The van der Waals surface area contributed by atoms with Crippen LogP contribution in [-0.2, 0) is 17.6 Å². The first-order chi connectivity index (χ1) is 10.2. The van der Waals surface area contributed by atoms with Gasteiger partial charge in [-0.05, 0) is 49.6 Å². The van der Waals surface area contributed by atoms with Crippen LogP contribution in [0.15, 0.2) is 16.6 Å². The lowest BCUT2D eigenvalue weighted by atomic mass is 9.97. The van der Waals surface area contributed by atoms with E-state index in [1.54, 1.807) is 0 Å². The maximum atomic E-state index is 5.91. The summed E-state index contributed by atoms with van der Waals surface area (Å²) in [5.41, 5.74) is 2.60. The molecule has 1 aromatic rings. The quantitative estimate of drug-likeness (QED) is 0.770. The fraction of sp³-hybridized carbons (Fsp3) is 0.647. The van der Waals surface area contributed by atoms with E-state index in [0.29, 0.717) is 6.04 Å². The van der Waals surface area contributed by atoms with Gasteiger partial charge in [0.05, 0.1) is 12.7 Å². The standard InChI is InChI=1S/C17H26BrNO2/c1-4-16(20-6-3)15(19-5-2)11-13-10-14(18)9-12-7-8-21-17(12)13/h9-10,15-16,19H,4-8,11H2,1-3H3. The lowest BCUT2D eigenvalue weighted by Crippen LogP contribution is -2.42. The van der Waals surface area contributed by atoms with Gasteiger partial charge in [0.15, 0.2) is 0 Å². The van der Waals surface area contributed by atoms with E-state index in [9.17, 15) is 0 Å². The van der Waals surface area contributed by atoms with Crippen molar-refractivity contribution in [2.45, 2.75) is 52.2 Å². The average Bonchev–Trinajstić information content (AvgIpc) is 2.92. The molecule has 1 aliphatic rings. The normalized spacial score (nSPS) is 16.4. The van der Waals surface area contributed by atoms with E-state index in [1.807, 2.05) is 0 Å². The van der Waals surface area contributed by atoms with Crippen molar-refractivity contribution in [3.8, 4) is 5.75 Å². The highest BCUT2D eigenvalue weighted by Crippen LogP contribution is 2.34. The van der Waals surface area contributed by atoms with Gasteiger partial charge in [0.2, 0.25) is 0 Å². The van der Waals surface area contributed by atoms with Crippen LogP contribution in [0.1, 0.15) is 38.3 Å². The minimum absolute atomic E-state index is 0.242. The monoisotopic (exact) mass is 355 g/mol. The highest BCUT2D eigenvalue weighted by atomic mass is 79.9. The molecule has 2 atom stereocenters. The predicted molar refractivity (Wildman–Crippen MR) is 90.2 cm³/mol. The molecule has 2 unspecified atom stereocenters. The van der Waals surface area contributed by atoms with Gasteiger partial charge in [0.25, 0.3) is 0 Å².